The van der Waals surface area contributed by atoms with Crippen molar-refractivity contribution in [2.45, 2.75) is 0 Å². The van der Waals surface area contributed by atoms with Crippen molar-refractivity contribution in [1.29, 1.82) is 0 Å². The van der Waals surface area contributed by atoms with Crippen LogP contribution in [0, 0.1) is 29.1 Å². The van der Waals surface area contributed by atoms with Gasteiger partial charge in [0.25, 0.3) is 0 Å². The van der Waals surface area contributed by atoms with E-state index in [0.717, 1.165) is 15.9 Å². The van der Waals surface area contributed by atoms with Crippen molar-refractivity contribution in [3.8, 4) is 0 Å². The summed E-state index contributed by atoms with van der Waals surface area (Å²) in [6.45, 7) is 0. The molecule has 0 saturated heterocycles. The molecule has 2 N–H and O–H groups in total. The third kappa shape index (κ3) is 8.66. The predicted octanol–water partition coefficient (Wildman–Crippen LogP) is 6.05. The first-order valence-corrected chi connectivity index (χ1v) is 17.7. The summed E-state index contributed by atoms with van der Waals surface area (Å²) >= 11 is 10.6. The van der Waals surface area contributed by atoms with Crippen molar-refractivity contribution in [3.63, 3.8) is 0 Å². The summed E-state index contributed by atoms with van der Waals surface area (Å²) in [5, 5.41) is 24.4. The molecule has 5 aromatic carbocycles. The Bertz CT molecular complexity index is 1950. The molecule has 0 heterocycles. The van der Waals surface area contributed by atoms with E-state index in [1.165, 1.54) is 19.2 Å². The number of hydrogen-bond acceptors (Lipinski definition) is 6. The minimum atomic E-state index is -2.42. The Hall–Kier alpha value is -4.58. The fourth-order valence-corrected chi connectivity index (χ4v) is 9.23. The van der Waals surface area contributed by atoms with E-state index in [2.05, 4.69) is 31.0 Å². The molecule has 5 rings (SSSR count). The fraction of sp³-hybridized carbons (Fsp3) is 0.0556. The van der Waals surface area contributed by atoms with Gasteiger partial charge in [-0.1, -0.05) is 84.9 Å². The molecule has 0 aromatic heterocycles. The molecule has 51 heavy (non-hydrogen) atoms. The van der Waals surface area contributed by atoms with Crippen molar-refractivity contribution in [2.75, 3.05) is 13.3 Å². The first kappa shape index (κ1) is 39.2. The average Bonchev–Trinajstić information content (AvgIpc) is 3.17. The molecule has 0 bridgehead atoms. The van der Waals surface area contributed by atoms with Crippen LogP contribution in [-0.4, -0.2) is 35.1 Å². The summed E-state index contributed by atoms with van der Waals surface area (Å²) in [6.07, 6.45) is 0.300. The molecule has 0 fully saturated rings. The Balaban J connectivity index is 0.00000583. The monoisotopic (exact) mass is 796 g/mol. The van der Waals surface area contributed by atoms with Crippen molar-refractivity contribution in [2.24, 2.45) is 20.4 Å². The van der Waals surface area contributed by atoms with Crippen LogP contribution in [0.15, 0.2) is 142 Å². The zero-order valence-corrected chi connectivity index (χ0v) is 30.0. The molecule has 0 amide bonds. The van der Waals surface area contributed by atoms with Crippen LogP contribution in [0.2, 0.25) is 0 Å². The number of nitrogens with one attached hydrogen (secondary N) is 2. The molecule has 0 unspecified atom stereocenters. The van der Waals surface area contributed by atoms with Gasteiger partial charge in [-0.25, -0.2) is 22.0 Å². The summed E-state index contributed by atoms with van der Waals surface area (Å²) in [6, 6.07) is 37.6. The zero-order valence-electron chi connectivity index (χ0n) is 26.5. The number of halogens is 5. The maximum absolute atomic E-state index is 15.3. The third-order valence-corrected chi connectivity index (χ3v) is 12.2. The second-order valence-electron chi connectivity index (χ2n) is 10.4. The molecule has 6 nitrogen and oxygen atoms in total. The van der Waals surface area contributed by atoms with E-state index >= 15 is 8.78 Å². The van der Waals surface area contributed by atoms with E-state index in [-0.39, 0.29) is 33.0 Å². The van der Waals surface area contributed by atoms with E-state index < -0.39 is 53.3 Å². The number of hydrogen-bond donors (Lipinski definition) is 2. The van der Waals surface area contributed by atoms with Crippen LogP contribution in [0.4, 0.5) is 22.0 Å². The van der Waals surface area contributed by atoms with Gasteiger partial charge in [-0.2, -0.15) is 10.2 Å². The number of benzene rings is 5. The van der Waals surface area contributed by atoms with Gasteiger partial charge in [0.2, 0.25) is 5.82 Å². The number of amidine groups is 2. The topological polar surface area (TPSA) is 73.5 Å². The Kier molecular flexibility index (Phi) is 13.9. The largest absolute Gasteiger partial charge is 2.00 e. The molecular formula is C36H27CuF5N6PS2+. The van der Waals surface area contributed by atoms with Crippen molar-refractivity contribution < 1.29 is 39.0 Å². The van der Waals surface area contributed by atoms with Crippen LogP contribution in [0.1, 0.15) is 11.1 Å². The maximum atomic E-state index is 15.3. The molecule has 15 heteroatoms. The maximum Gasteiger partial charge on any atom is 2.00 e. The van der Waals surface area contributed by atoms with Crippen molar-refractivity contribution in [1.82, 2.24) is 10.6 Å². The minimum absolute atomic E-state index is 0. The Labute approximate surface area is 313 Å². The van der Waals surface area contributed by atoms with Crippen LogP contribution in [0.25, 0.3) is 0 Å². The van der Waals surface area contributed by atoms with Gasteiger partial charge in [-0.15, -0.1) is 10.2 Å². The third-order valence-electron chi connectivity index (χ3n) is 7.47. The summed E-state index contributed by atoms with van der Waals surface area (Å²) < 4.78 is 73.5. The summed E-state index contributed by atoms with van der Waals surface area (Å²) in [7, 11) is -1.01. The quantitative estimate of drug-likeness (QED) is 0.0208. The number of nitrogens with zero attached hydrogens (tertiary/aromatic N) is 4. The SMILES string of the molecule is CN/C([S-])=N/N=C(/C(=N/N=C(\[S-])NC[P+](c1ccccc1)(c1ccccc1)c1ccccc1)c1ccccc1)c1c(F)c(F)c(F)c(F)c1F.[Cu+2]. The Morgan fingerprint density at radius 1 is 0.529 bits per heavy atom. The summed E-state index contributed by atoms with van der Waals surface area (Å²) in [5.74, 6) is -11.0. The van der Waals surface area contributed by atoms with Gasteiger partial charge < -0.3 is 35.9 Å². The first-order valence-electron chi connectivity index (χ1n) is 14.9. The second kappa shape index (κ2) is 18.1. The molecular weight excluding hydrogens is 770 g/mol. The minimum Gasteiger partial charge on any atom is -0.741 e. The van der Waals surface area contributed by atoms with E-state index in [1.54, 1.807) is 18.2 Å². The predicted molar refractivity (Wildman–Crippen MR) is 198 cm³/mol. The van der Waals surface area contributed by atoms with E-state index in [1.807, 2.05) is 91.0 Å². The molecule has 0 spiro atoms. The van der Waals surface area contributed by atoms with Gasteiger partial charge in [0.15, 0.2) is 23.3 Å². The first-order chi connectivity index (χ1) is 24.2. The fourth-order valence-electron chi connectivity index (χ4n) is 5.10. The summed E-state index contributed by atoms with van der Waals surface area (Å²) in [5.41, 5.74) is -2.43. The van der Waals surface area contributed by atoms with Gasteiger partial charge in [0.1, 0.15) is 40.9 Å². The van der Waals surface area contributed by atoms with Gasteiger partial charge in [0.05, 0.1) is 5.56 Å². The van der Waals surface area contributed by atoms with Crippen LogP contribution >= 0.6 is 7.26 Å². The van der Waals surface area contributed by atoms with E-state index in [9.17, 15) is 13.2 Å². The molecule has 1 radical (unpaired) electrons. The van der Waals surface area contributed by atoms with Gasteiger partial charge in [-0.3, -0.25) is 0 Å². The normalized spacial score (nSPS) is 12.7. The smallest absolute Gasteiger partial charge is 0.741 e. The van der Waals surface area contributed by atoms with Gasteiger partial charge in [0, 0.05) is 17.8 Å². The van der Waals surface area contributed by atoms with Crippen molar-refractivity contribution in [3.05, 3.63) is 162 Å². The molecule has 0 aliphatic heterocycles. The molecule has 0 aliphatic rings. The standard InChI is InChI=1S/C36H28F5N6PS2.Cu/c1-42-35(49)46-45-34(27-28(37)30(39)32(41)31(40)29(27)38)33(23-14-6-2-7-15-23)44-47-36(50)43-22-48(24-16-8-3-9-17-24,25-18-10-4-11-19-25)26-20-12-5-13-21-26;/h2-21H,22H2,1H3,(H3-,42,43,44,45,46,47,49,50);/q;+2/p-1. The van der Waals surface area contributed by atoms with Crippen molar-refractivity contribution >= 4 is 70.2 Å². The van der Waals surface area contributed by atoms with Crippen LogP contribution in [0.3, 0.4) is 0 Å². The zero-order chi connectivity index (χ0) is 35.7. The van der Waals surface area contributed by atoms with Crippen LogP contribution in [-0.2, 0) is 42.3 Å². The van der Waals surface area contributed by atoms with Gasteiger partial charge >= 0.3 is 17.1 Å². The molecule has 5 aromatic rings. The Morgan fingerprint density at radius 3 is 1.33 bits per heavy atom. The van der Waals surface area contributed by atoms with E-state index in [4.69, 9.17) is 25.3 Å². The molecule has 263 valence electrons. The Morgan fingerprint density at radius 2 is 0.902 bits per heavy atom. The van der Waals surface area contributed by atoms with Crippen LogP contribution < -0.4 is 26.5 Å². The van der Waals surface area contributed by atoms with E-state index in [0.29, 0.717) is 6.29 Å². The molecule has 0 aliphatic carbocycles. The molecule has 0 saturated carbocycles. The number of rotatable bonds is 10. The molecule has 0 atom stereocenters. The average molecular weight is 797 g/mol. The second-order valence-corrected chi connectivity index (χ2v) is 14.7. The van der Waals surface area contributed by atoms with Crippen LogP contribution in [0.5, 0.6) is 0 Å². The van der Waals surface area contributed by atoms with Gasteiger partial charge in [-0.05, 0) is 41.6 Å². The summed E-state index contributed by atoms with van der Waals surface area (Å²) in [4.78, 5) is 0.